The van der Waals surface area contributed by atoms with Crippen molar-refractivity contribution < 1.29 is 13.2 Å². The molecule has 0 aliphatic carbocycles. The van der Waals surface area contributed by atoms with Gasteiger partial charge >= 0.3 is 0 Å². The molecule has 1 N–H and O–H groups in total. The lowest BCUT2D eigenvalue weighted by molar-refractivity contribution is -0.119. The third-order valence-corrected chi connectivity index (χ3v) is 8.01. The number of halogens is 1. The van der Waals surface area contributed by atoms with Gasteiger partial charge in [0.15, 0.2) is 0 Å². The normalized spacial score (nSPS) is 11.2. The molecule has 0 aromatic heterocycles. The third-order valence-electron chi connectivity index (χ3n) is 4.72. The van der Waals surface area contributed by atoms with E-state index in [1.807, 2.05) is 37.3 Å². The lowest BCUT2D eigenvalue weighted by Crippen LogP contribution is -2.41. The Hall–Kier alpha value is -2.48. The van der Waals surface area contributed by atoms with Crippen LogP contribution in [0.1, 0.15) is 12.0 Å². The number of carbonyl (C=O) groups is 1. The summed E-state index contributed by atoms with van der Waals surface area (Å²) >= 11 is 7.95. The van der Waals surface area contributed by atoms with Crippen LogP contribution in [0.25, 0.3) is 0 Å². The highest BCUT2D eigenvalue weighted by Crippen LogP contribution is 2.28. The van der Waals surface area contributed by atoms with Gasteiger partial charge in [0.25, 0.3) is 10.0 Å². The first-order chi connectivity index (χ1) is 15.4. The summed E-state index contributed by atoms with van der Waals surface area (Å²) < 4.78 is 27.7. The zero-order valence-corrected chi connectivity index (χ0v) is 20.1. The van der Waals surface area contributed by atoms with Crippen molar-refractivity contribution in [2.45, 2.75) is 23.1 Å². The number of hydrogen-bond acceptors (Lipinski definition) is 4. The first kappa shape index (κ1) is 24.2. The molecule has 3 aromatic carbocycles. The van der Waals surface area contributed by atoms with Crippen LogP contribution in [-0.4, -0.2) is 33.2 Å². The van der Waals surface area contributed by atoms with E-state index in [2.05, 4.69) is 5.32 Å². The molecular weight excluding hydrogens is 464 g/mol. The maximum Gasteiger partial charge on any atom is 0.264 e. The van der Waals surface area contributed by atoms with Crippen molar-refractivity contribution in [3.05, 3.63) is 89.4 Å². The van der Waals surface area contributed by atoms with Crippen LogP contribution in [0.4, 0.5) is 5.69 Å². The number of thioether (sulfide) groups is 1. The molecule has 3 aromatic rings. The molecule has 8 heteroatoms. The largest absolute Gasteiger partial charge is 0.354 e. The first-order valence-corrected chi connectivity index (χ1v) is 13.0. The highest BCUT2D eigenvalue weighted by atomic mass is 35.5. The fourth-order valence-electron chi connectivity index (χ4n) is 2.96. The van der Waals surface area contributed by atoms with Crippen LogP contribution in [0.3, 0.4) is 0 Å². The van der Waals surface area contributed by atoms with Crippen molar-refractivity contribution in [1.29, 1.82) is 0 Å². The van der Waals surface area contributed by atoms with Gasteiger partial charge in [-0.1, -0.05) is 54.1 Å². The van der Waals surface area contributed by atoms with E-state index >= 15 is 0 Å². The molecule has 3 rings (SSSR count). The van der Waals surface area contributed by atoms with Gasteiger partial charge in [0, 0.05) is 16.5 Å². The lowest BCUT2D eigenvalue weighted by atomic mass is 10.2. The van der Waals surface area contributed by atoms with E-state index in [4.69, 9.17) is 11.6 Å². The van der Waals surface area contributed by atoms with Crippen LogP contribution < -0.4 is 9.62 Å². The summed E-state index contributed by atoms with van der Waals surface area (Å²) in [5, 5.41) is 3.27. The van der Waals surface area contributed by atoms with Crippen LogP contribution in [0.15, 0.2) is 88.7 Å². The van der Waals surface area contributed by atoms with Crippen molar-refractivity contribution in [3.63, 3.8) is 0 Å². The van der Waals surface area contributed by atoms with Gasteiger partial charge in [-0.05, 0) is 61.1 Å². The summed E-state index contributed by atoms with van der Waals surface area (Å²) in [6.07, 6.45) is 0.771. The van der Waals surface area contributed by atoms with Crippen LogP contribution in [-0.2, 0) is 14.8 Å². The van der Waals surface area contributed by atoms with E-state index in [0.29, 0.717) is 17.3 Å². The van der Waals surface area contributed by atoms with Crippen LogP contribution in [0.2, 0.25) is 5.02 Å². The summed E-state index contributed by atoms with van der Waals surface area (Å²) in [6, 6.07) is 23.1. The van der Waals surface area contributed by atoms with E-state index < -0.39 is 10.0 Å². The smallest absolute Gasteiger partial charge is 0.264 e. The van der Waals surface area contributed by atoms with E-state index in [9.17, 15) is 13.2 Å². The molecule has 5 nitrogen and oxygen atoms in total. The molecule has 168 valence electrons. The molecule has 0 aliphatic rings. The van der Waals surface area contributed by atoms with Crippen molar-refractivity contribution >= 4 is 45.0 Å². The van der Waals surface area contributed by atoms with E-state index in [-0.39, 0.29) is 17.3 Å². The van der Waals surface area contributed by atoms with Gasteiger partial charge in [0.2, 0.25) is 5.91 Å². The van der Waals surface area contributed by atoms with E-state index in [1.54, 1.807) is 48.2 Å². The maximum absolute atomic E-state index is 13.3. The number of benzene rings is 3. The average Bonchev–Trinajstić information content (AvgIpc) is 2.80. The van der Waals surface area contributed by atoms with Gasteiger partial charge in [-0.15, -0.1) is 11.8 Å². The van der Waals surface area contributed by atoms with Gasteiger partial charge < -0.3 is 5.32 Å². The van der Waals surface area contributed by atoms with Crippen molar-refractivity contribution in [2.75, 3.05) is 23.1 Å². The molecule has 0 aliphatic heterocycles. The van der Waals surface area contributed by atoms with E-state index in [0.717, 1.165) is 22.0 Å². The Morgan fingerprint density at radius 2 is 1.66 bits per heavy atom. The van der Waals surface area contributed by atoms with Gasteiger partial charge in [0.05, 0.1) is 10.6 Å². The fraction of sp³-hybridized carbons (Fsp3) is 0.208. The Bertz CT molecular complexity index is 1140. The van der Waals surface area contributed by atoms with E-state index in [1.165, 1.54) is 17.0 Å². The van der Waals surface area contributed by atoms with Gasteiger partial charge in [-0.3, -0.25) is 9.10 Å². The number of rotatable bonds is 10. The summed E-state index contributed by atoms with van der Waals surface area (Å²) in [6.45, 7) is 1.97. The number of nitrogens with zero attached hydrogens (tertiary/aromatic N) is 1. The number of nitrogens with one attached hydrogen (secondary N) is 1. The Labute approximate surface area is 198 Å². The number of amides is 1. The van der Waals surface area contributed by atoms with Crippen LogP contribution >= 0.6 is 23.4 Å². The average molecular weight is 489 g/mol. The maximum atomic E-state index is 13.3. The van der Waals surface area contributed by atoms with Crippen LogP contribution in [0, 0.1) is 6.92 Å². The number of carbonyl (C=O) groups excluding carboxylic acids is 1. The standard InChI is InChI=1S/C24H25ClN2O3S2/c1-19-13-14-20(17-23(19)25)27(32(29,30)22-11-6-3-7-12-22)18-24(28)26-15-8-16-31-21-9-4-2-5-10-21/h2-7,9-14,17H,8,15-16,18H2,1H3,(H,26,28). The third kappa shape index (κ3) is 6.51. The zero-order chi connectivity index (χ0) is 23.0. The number of aryl methyl sites for hydroxylation is 1. The molecule has 0 bridgehead atoms. The second kappa shape index (κ2) is 11.4. The molecule has 0 saturated carbocycles. The topological polar surface area (TPSA) is 66.5 Å². The predicted octanol–water partition coefficient (Wildman–Crippen LogP) is 5.14. The molecular formula is C24H25ClN2O3S2. The van der Waals surface area contributed by atoms with Crippen LogP contribution in [0.5, 0.6) is 0 Å². The predicted molar refractivity (Wildman–Crippen MR) is 132 cm³/mol. The summed E-state index contributed by atoms with van der Waals surface area (Å²) in [5.74, 6) is 0.482. The Balaban J connectivity index is 1.67. The highest BCUT2D eigenvalue weighted by molar-refractivity contribution is 7.99. The van der Waals surface area contributed by atoms with Crippen molar-refractivity contribution in [3.8, 4) is 0 Å². The molecule has 0 saturated heterocycles. The molecule has 0 spiro atoms. The molecule has 0 radical (unpaired) electrons. The SMILES string of the molecule is Cc1ccc(N(CC(=O)NCCCSc2ccccc2)S(=O)(=O)c2ccccc2)cc1Cl. The zero-order valence-electron chi connectivity index (χ0n) is 17.7. The number of sulfonamides is 1. The Kier molecular flexibility index (Phi) is 8.61. The van der Waals surface area contributed by atoms with Gasteiger partial charge in [-0.2, -0.15) is 0 Å². The minimum atomic E-state index is -3.94. The molecule has 0 atom stereocenters. The minimum Gasteiger partial charge on any atom is -0.354 e. The Morgan fingerprint density at radius 1 is 1.00 bits per heavy atom. The molecule has 1 amide bonds. The quantitative estimate of drug-likeness (QED) is 0.317. The number of anilines is 1. The molecule has 0 fully saturated rings. The number of hydrogen-bond donors (Lipinski definition) is 1. The van der Waals surface area contributed by atoms with Crippen molar-refractivity contribution in [2.24, 2.45) is 0 Å². The minimum absolute atomic E-state index is 0.115. The van der Waals surface area contributed by atoms with Gasteiger partial charge in [0.1, 0.15) is 6.54 Å². The Morgan fingerprint density at radius 3 is 2.31 bits per heavy atom. The summed E-state index contributed by atoms with van der Waals surface area (Å²) in [7, 11) is -3.94. The van der Waals surface area contributed by atoms with Gasteiger partial charge in [-0.25, -0.2) is 8.42 Å². The summed E-state index contributed by atoms with van der Waals surface area (Å²) in [5.41, 5.74) is 1.17. The second-order valence-electron chi connectivity index (χ2n) is 7.12. The van der Waals surface area contributed by atoms with Crippen molar-refractivity contribution in [1.82, 2.24) is 5.32 Å². The molecule has 32 heavy (non-hydrogen) atoms. The molecule has 0 unspecified atom stereocenters. The summed E-state index contributed by atoms with van der Waals surface area (Å²) in [4.78, 5) is 13.9. The lowest BCUT2D eigenvalue weighted by Gasteiger charge is -2.24. The molecule has 0 heterocycles. The monoisotopic (exact) mass is 488 g/mol. The first-order valence-electron chi connectivity index (χ1n) is 10.2. The highest BCUT2D eigenvalue weighted by Gasteiger charge is 2.27. The fourth-order valence-corrected chi connectivity index (χ4v) is 5.45. The second-order valence-corrected chi connectivity index (χ2v) is 10.6.